The zero-order valence-corrected chi connectivity index (χ0v) is 13.0. The molecule has 2 rings (SSSR count). The van der Waals surface area contributed by atoms with Gasteiger partial charge in [0.05, 0.1) is 18.1 Å². The van der Waals surface area contributed by atoms with E-state index in [0.717, 1.165) is 13.0 Å². The summed E-state index contributed by atoms with van der Waals surface area (Å²) in [5, 5.41) is 5.65. The molecule has 0 aliphatic carbocycles. The number of amides is 2. The van der Waals surface area contributed by atoms with Gasteiger partial charge >= 0.3 is 6.03 Å². The average Bonchev–Trinajstić information content (AvgIpc) is 2.98. The number of carbonyl (C=O) groups excluding carboxylic acids is 1. The number of ether oxygens (including phenoxy) is 1. The van der Waals surface area contributed by atoms with Gasteiger partial charge in [0.2, 0.25) is 0 Å². The lowest BCUT2D eigenvalue weighted by Gasteiger charge is -2.15. The van der Waals surface area contributed by atoms with Crippen molar-refractivity contribution in [1.82, 2.24) is 14.9 Å². The van der Waals surface area contributed by atoms with E-state index >= 15 is 0 Å². The van der Waals surface area contributed by atoms with Gasteiger partial charge in [0.15, 0.2) is 0 Å². The molecule has 0 radical (unpaired) electrons. The number of urea groups is 1. The highest BCUT2D eigenvalue weighted by molar-refractivity contribution is 5.90. The van der Waals surface area contributed by atoms with E-state index in [4.69, 9.17) is 4.74 Å². The fourth-order valence-corrected chi connectivity index (χ4v) is 1.98. The van der Waals surface area contributed by atoms with E-state index in [1.54, 1.807) is 12.5 Å². The van der Waals surface area contributed by atoms with E-state index in [2.05, 4.69) is 15.6 Å². The van der Waals surface area contributed by atoms with Crippen molar-refractivity contribution in [2.45, 2.75) is 32.9 Å². The molecular weight excluding hydrogens is 280 g/mol. The zero-order chi connectivity index (χ0) is 15.8. The second kappa shape index (κ2) is 8.07. The van der Waals surface area contributed by atoms with E-state index < -0.39 is 0 Å². The Labute approximate surface area is 130 Å². The van der Waals surface area contributed by atoms with Crippen LogP contribution in [0.15, 0.2) is 43.0 Å². The van der Waals surface area contributed by atoms with Gasteiger partial charge in [-0.3, -0.25) is 0 Å². The predicted molar refractivity (Wildman–Crippen MR) is 86.1 cm³/mol. The molecule has 2 aromatic rings. The molecule has 1 heterocycles. The maximum atomic E-state index is 11.9. The molecule has 0 fully saturated rings. The van der Waals surface area contributed by atoms with Crippen molar-refractivity contribution in [2.24, 2.45) is 0 Å². The van der Waals surface area contributed by atoms with Crippen LogP contribution in [0.3, 0.4) is 0 Å². The molecule has 2 N–H and O–H groups in total. The number of aryl methyl sites for hydroxylation is 1. The second-order valence-electron chi connectivity index (χ2n) is 5.20. The molecule has 22 heavy (non-hydrogen) atoms. The number of carbonyl (C=O) groups is 1. The van der Waals surface area contributed by atoms with Crippen molar-refractivity contribution in [3.63, 3.8) is 0 Å². The summed E-state index contributed by atoms with van der Waals surface area (Å²) < 4.78 is 7.65. The highest BCUT2D eigenvalue weighted by Crippen LogP contribution is 2.24. The maximum absolute atomic E-state index is 11.9. The lowest BCUT2D eigenvalue weighted by Crippen LogP contribution is -2.30. The molecule has 6 heteroatoms. The molecule has 0 aliphatic rings. The first-order valence-electron chi connectivity index (χ1n) is 7.41. The van der Waals surface area contributed by atoms with Crippen LogP contribution in [0.1, 0.15) is 20.3 Å². The Bertz CT molecular complexity index is 582. The summed E-state index contributed by atoms with van der Waals surface area (Å²) >= 11 is 0. The molecule has 0 spiro atoms. The maximum Gasteiger partial charge on any atom is 0.319 e. The minimum absolute atomic E-state index is 0.0567. The Kier molecular flexibility index (Phi) is 5.82. The van der Waals surface area contributed by atoms with Crippen LogP contribution in [0, 0.1) is 0 Å². The number of aromatic nitrogens is 2. The number of imidazole rings is 1. The van der Waals surface area contributed by atoms with Crippen LogP contribution in [0.5, 0.6) is 5.75 Å². The van der Waals surface area contributed by atoms with Crippen molar-refractivity contribution < 1.29 is 9.53 Å². The summed E-state index contributed by atoms with van der Waals surface area (Å²) in [6.07, 6.45) is 6.31. The number of hydrogen-bond acceptors (Lipinski definition) is 3. The molecule has 1 aromatic carbocycles. The SMILES string of the molecule is CC(C)Oc1ccccc1NC(=O)NCCCn1ccnc1. The first-order chi connectivity index (χ1) is 10.6. The molecular formula is C16H22N4O2. The van der Waals surface area contributed by atoms with Gasteiger partial charge in [-0.15, -0.1) is 0 Å². The van der Waals surface area contributed by atoms with Crippen LogP contribution in [-0.4, -0.2) is 28.2 Å². The molecule has 0 saturated carbocycles. The standard InChI is InChI=1S/C16H22N4O2/c1-13(2)22-15-7-4-3-6-14(15)19-16(21)18-8-5-10-20-11-9-17-12-20/h3-4,6-7,9,11-13H,5,8,10H2,1-2H3,(H2,18,19,21). The van der Waals surface area contributed by atoms with Crippen LogP contribution < -0.4 is 15.4 Å². The molecule has 0 bridgehead atoms. The van der Waals surface area contributed by atoms with Gasteiger partial charge in [-0.05, 0) is 32.4 Å². The van der Waals surface area contributed by atoms with E-state index in [1.807, 2.05) is 48.9 Å². The summed E-state index contributed by atoms with van der Waals surface area (Å²) in [5.74, 6) is 0.672. The predicted octanol–water partition coefficient (Wildman–Crippen LogP) is 2.88. The topological polar surface area (TPSA) is 68.2 Å². The lowest BCUT2D eigenvalue weighted by molar-refractivity contribution is 0.241. The normalized spacial score (nSPS) is 10.5. The molecule has 6 nitrogen and oxygen atoms in total. The van der Waals surface area contributed by atoms with E-state index in [0.29, 0.717) is 18.0 Å². The van der Waals surface area contributed by atoms with Crippen molar-refractivity contribution in [3.8, 4) is 5.75 Å². The highest BCUT2D eigenvalue weighted by Gasteiger charge is 2.08. The van der Waals surface area contributed by atoms with Crippen molar-refractivity contribution in [2.75, 3.05) is 11.9 Å². The molecule has 0 unspecified atom stereocenters. The van der Waals surface area contributed by atoms with Gasteiger partial charge in [0.25, 0.3) is 0 Å². The number of rotatable bonds is 7. The third-order valence-corrected chi connectivity index (χ3v) is 2.94. The molecule has 2 amide bonds. The first-order valence-corrected chi connectivity index (χ1v) is 7.41. The smallest absolute Gasteiger partial charge is 0.319 e. The number of nitrogens with zero attached hydrogens (tertiary/aromatic N) is 2. The molecule has 0 aliphatic heterocycles. The monoisotopic (exact) mass is 302 g/mol. The second-order valence-corrected chi connectivity index (χ2v) is 5.20. The summed E-state index contributed by atoms with van der Waals surface area (Å²) in [5.41, 5.74) is 0.670. The summed E-state index contributed by atoms with van der Waals surface area (Å²) in [7, 11) is 0. The summed E-state index contributed by atoms with van der Waals surface area (Å²) in [6.45, 7) is 5.32. The van der Waals surface area contributed by atoms with E-state index in [-0.39, 0.29) is 12.1 Å². The third-order valence-electron chi connectivity index (χ3n) is 2.94. The van der Waals surface area contributed by atoms with E-state index in [9.17, 15) is 4.79 Å². The Morgan fingerprint density at radius 1 is 1.36 bits per heavy atom. The van der Waals surface area contributed by atoms with Crippen LogP contribution in [0.25, 0.3) is 0 Å². The Morgan fingerprint density at radius 3 is 2.91 bits per heavy atom. The summed E-state index contributed by atoms with van der Waals surface area (Å²) in [6, 6.07) is 7.18. The fourth-order valence-electron chi connectivity index (χ4n) is 1.98. The van der Waals surface area contributed by atoms with Crippen molar-refractivity contribution >= 4 is 11.7 Å². The van der Waals surface area contributed by atoms with Gasteiger partial charge in [-0.25, -0.2) is 9.78 Å². The minimum atomic E-state index is -0.231. The van der Waals surface area contributed by atoms with Crippen molar-refractivity contribution in [3.05, 3.63) is 43.0 Å². The van der Waals surface area contributed by atoms with Gasteiger partial charge in [-0.1, -0.05) is 12.1 Å². The number of anilines is 1. The van der Waals surface area contributed by atoms with Crippen LogP contribution in [0.2, 0.25) is 0 Å². The Morgan fingerprint density at radius 2 is 2.18 bits per heavy atom. The lowest BCUT2D eigenvalue weighted by atomic mass is 10.3. The quantitative estimate of drug-likeness (QED) is 0.773. The largest absolute Gasteiger partial charge is 0.489 e. The highest BCUT2D eigenvalue weighted by atomic mass is 16.5. The van der Waals surface area contributed by atoms with Gasteiger partial charge in [-0.2, -0.15) is 0 Å². The van der Waals surface area contributed by atoms with E-state index in [1.165, 1.54) is 0 Å². The summed E-state index contributed by atoms with van der Waals surface area (Å²) in [4.78, 5) is 15.9. The molecule has 0 atom stereocenters. The Balaban J connectivity index is 1.77. The van der Waals surface area contributed by atoms with Crippen molar-refractivity contribution in [1.29, 1.82) is 0 Å². The fraction of sp³-hybridized carbons (Fsp3) is 0.375. The number of para-hydroxylation sites is 2. The van der Waals surface area contributed by atoms with Crippen LogP contribution >= 0.6 is 0 Å². The minimum Gasteiger partial charge on any atom is -0.489 e. The number of hydrogen-bond donors (Lipinski definition) is 2. The zero-order valence-electron chi connectivity index (χ0n) is 13.0. The molecule has 0 saturated heterocycles. The van der Waals surface area contributed by atoms with Crippen LogP contribution in [0.4, 0.5) is 10.5 Å². The number of nitrogens with one attached hydrogen (secondary N) is 2. The van der Waals surface area contributed by atoms with Gasteiger partial charge in [0.1, 0.15) is 5.75 Å². The first kappa shape index (κ1) is 15.9. The van der Waals surface area contributed by atoms with Gasteiger partial charge < -0.3 is 19.9 Å². The van der Waals surface area contributed by atoms with Gasteiger partial charge in [0, 0.05) is 25.5 Å². The number of benzene rings is 1. The Hall–Kier alpha value is -2.50. The van der Waals surface area contributed by atoms with Crippen LogP contribution in [-0.2, 0) is 6.54 Å². The molecule has 118 valence electrons. The molecule has 1 aromatic heterocycles. The average molecular weight is 302 g/mol. The third kappa shape index (κ3) is 5.12.